The lowest BCUT2D eigenvalue weighted by molar-refractivity contribution is 0.0813. The first-order valence-corrected chi connectivity index (χ1v) is 6.68. The predicted molar refractivity (Wildman–Crippen MR) is 66.8 cm³/mol. The summed E-state index contributed by atoms with van der Waals surface area (Å²) in [5.41, 5.74) is 1.17. The normalized spacial score (nSPS) is 28.5. The van der Waals surface area contributed by atoms with Gasteiger partial charge in [-0.05, 0) is 37.3 Å². The van der Waals surface area contributed by atoms with Gasteiger partial charge in [-0.15, -0.1) is 0 Å². The van der Waals surface area contributed by atoms with Crippen LogP contribution < -0.4 is 5.32 Å². The van der Waals surface area contributed by atoms with E-state index in [0.717, 1.165) is 25.5 Å². The summed E-state index contributed by atoms with van der Waals surface area (Å²) < 4.78 is 5.81. The molecule has 1 aromatic rings. The molecule has 0 spiro atoms. The minimum Gasteiger partial charge on any atom is -0.376 e. The van der Waals surface area contributed by atoms with E-state index in [4.69, 9.17) is 4.74 Å². The topological polar surface area (TPSA) is 34.1 Å². The summed E-state index contributed by atoms with van der Waals surface area (Å²) in [6.45, 7) is 1.94. The lowest BCUT2D eigenvalue weighted by atomic mass is 10.1. The van der Waals surface area contributed by atoms with Crippen LogP contribution in [0, 0.1) is 5.92 Å². The lowest BCUT2D eigenvalue weighted by Crippen LogP contribution is -2.38. The Morgan fingerprint density at radius 1 is 1.29 bits per heavy atom. The summed E-state index contributed by atoms with van der Waals surface area (Å²) in [7, 11) is 0. The zero-order valence-electron chi connectivity index (χ0n) is 10.1. The van der Waals surface area contributed by atoms with E-state index in [9.17, 15) is 0 Å². The van der Waals surface area contributed by atoms with Crippen molar-refractivity contribution in [1.82, 2.24) is 10.3 Å². The zero-order valence-corrected chi connectivity index (χ0v) is 10.1. The van der Waals surface area contributed by atoms with E-state index < -0.39 is 0 Å². The lowest BCUT2D eigenvalue weighted by Gasteiger charge is -2.19. The van der Waals surface area contributed by atoms with E-state index in [1.807, 2.05) is 18.3 Å². The third kappa shape index (κ3) is 2.85. The summed E-state index contributed by atoms with van der Waals surface area (Å²) in [6.07, 6.45) is 7.25. The van der Waals surface area contributed by atoms with Crippen LogP contribution in [0.15, 0.2) is 24.4 Å². The van der Waals surface area contributed by atoms with E-state index in [1.165, 1.54) is 25.0 Å². The molecule has 17 heavy (non-hydrogen) atoms. The number of rotatable bonds is 5. The molecule has 0 bridgehead atoms. The Balaban J connectivity index is 1.44. The van der Waals surface area contributed by atoms with Crippen molar-refractivity contribution < 1.29 is 4.74 Å². The van der Waals surface area contributed by atoms with Gasteiger partial charge in [0.1, 0.15) is 0 Å². The number of hydrogen-bond donors (Lipinski definition) is 1. The van der Waals surface area contributed by atoms with Gasteiger partial charge in [0.2, 0.25) is 0 Å². The summed E-state index contributed by atoms with van der Waals surface area (Å²) in [6, 6.07) is 6.68. The van der Waals surface area contributed by atoms with Crippen LogP contribution in [-0.4, -0.2) is 30.3 Å². The van der Waals surface area contributed by atoms with Gasteiger partial charge in [0, 0.05) is 37.5 Å². The first-order chi connectivity index (χ1) is 8.43. The van der Waals surface area contributed by atoms with Crippen LogP contribution in [-0.2, 0) is 11.2 Å². The van der Waals surface area contributed by atoms with Crippen LogP contribution in [0.1, 0.15) is 25.0 Å². The van der Waals surface area contributed by atoms with Gasteiger partial charge in [0.05, 0.1) is 6.10 Å². The van der Waals surface area contributed by atoms with Crippen LogP contribution in [0.4, 0.5) is 0 Å². The number of ether oxygens (including phenoxy) is 1. The van der Waals surface area contributed by atoms with Crippen molar-refractivity contribution in [3.63, 3.8) is 0 Å². The molecule has 1 N–H and O–H groups in total. The molecule has 2 unspecified atom stereocenters. The highest BCUT2D eigenvalue weighted by molar-refractivity contribution is 5.04. The molecule has 1 aliphatic carbocycles. The Hall–Kier alpha value is -0.930. The van der Waals surface area contributed by atoms with E-state index in [0.29, 0.717) is 12.1 Å². The van der Waals surface area contributed by atoms with Crippen molar-refractivity contribution >= 4 is 0 Å². The van der Waals surface area contributed by atoms with Crippen LogP contribution in [0.25, 0.3) is 0 Å². The molecule has 3 rings (SSSR count). The van der Waals surface area contributed by atoms with Gasteiger partial charge in [-0.3, -0.25) is 4.98 Å². The molecule has 0 aromatic carbocycles. The largest absolute Gasteiger partial charge is 0.376 e. The first-order valence-electron chi connectivity index (χ1n) is 6.68. The van der Waals surface area contributed by atoms with E-state index in [-0.39, 0.29) is 0 Å². The highest BCUT2D eigenvalue weighted by Gasteiger charge is 2.40. The highest BCUT2D eigenvalue weighted by atomic mass is 16.5. The first kappa shape index (κ1) is 11.2. The molecule has 1 aromatic heterocycles. The Labute approximate surface area is 103 Å². The summed E-state index contributed by atoms with van der Waals surface area (Å²) in [5.74, 6) is 0.838. The van der Waals surface area contributed by atoms with Crippen molar-refractivity contribution in [1.29, 1.82) is 0 Å². The second kappa shape index (κ2) is 5.15. The van der Waals surface area contributed by atoms with Gasteiger partial charge in [0.25, 0.3) is 0 Å². The van der Waals surface area contributed by atoms with Crippen LogP contribution in [0.3, 0.4) is 0 Å². The minimum atomic E-state index is 0.485. The van der Waals surface area contributed by atoms with E-state index >= 15 is 0 Å². The maximum atomic E-state index is 5.81. The molecule has 2 atom stereocenters. The second-order valence-electron chi connectivity index (χ2n) is 5.09. The summed E-state index contributed by atoms with van der Waals surface area (Å²) in [5, 5.41) is 3.64. The number of hydrogen-bond acceptors (Lipinski definition) is 3. The van der Waals surface area contributed by atoms with Gasteiger partial charge in [0.15, 0.2) is 0 Å². The van der Waals surface area contributed by atoms with Crippen molar-refractivity contribution in [2.75, 3.05) is 13.2 Å². The fraction of sp³-hybridized carbons (Fsp3) is 0.643. The zero-order chi connectivity index (χ0) is 11.5. The summed E-state index contributed by atoms with van der Waals surface area (Å²) >= 11 is 0. The Kier molecular flexibility index (Phi) is 3.39. The molecule has 0 amide bonds. The Morgan fingerprint density at radius 3 is 3.00 bits per heavy atom. The van der Waals surface area contributed by atoms with Gasteiger partial charge >= 0.3 is 0 Å². The maximum absolute atomic E-state index is 5.81. The average molecular weight is 232 g/mol. The number of nitrogens with one attached hydrogen (secondary N) is 1. The standard InChI is InChI=1S/C14H20N2O/c1-2-8-15-12(3-1)6-9-16-13-7-10-17-14(13)11-4-5-11/h1-3,8,11,13-14,16H,4-7,9-10H2. The quantitative estimate of drug-likeness (QED) is 0.840. The predicted octanol–water partition coefficient (Wildman–Crippen LogP) is 1.78. The van der Waals surface area contributed by atoms with Crippen molar-refractivity contribution in [2.45, 2.75) is 37.8 Å². The highest BCUT2D eigenvalue weighted by Crippen LogP contribution is 2.38. The molecule has 1 saturated carbocycles. The molecule has 1 saturated heterocycles. The third-order valence-corrected chi connectivity index (χ3v) is 3.74. The maximum Gasteiger partial charge on any atom is 0.0756 e. The monoisotopic (exact) mass is 232 g/mol. The molecule has 3 nitrogen and oxygen atoms in total. The number of pyridine rings is 1. The number of nitrogens with zero attached hydrogens (tertiary/aromatic N) is 1. The minimum absolute atomic E-state index is 0.485. The second-order valence-corrected chi connectivity index (χ2v) is 5.09. The number of aromatic nitrogens is 1. The molecular formula is C14H20N2O. The van der Waals surface area contributed by atoms with E-state index in [2.05, 4.69) is 16.4 Å². The van der Waals surface area contributed by atoms with Gasteiger partial charge in [-0.2, -0.15) is 0 Å². The average Bonchev–Trinajstić information content (AvgIpc) is 3.11. The molecule has 2 heterocycles. The van der Waals surface area contributed by atoms with Crippen molar-refractivity contribution in [3.8, 4) is 0 Å². The van der Waals surface area contributed by atoms with Gasteiger partial charge in [-0.25, -0.2) is 0 Å². The third-order valence-electron chi connectivity index (χ3n) is 3.74. The van der Waals surface area contributed by atoms with Crippen LogP contribution in [0.5, 0.6) is 0 Å². The fourth-order valence-electron chi connectivity index (χ4n) is 2.65. The van der Waals surface area contributed by atoms with Gasteiger partial charge < -0.3 is 10.1 Å². The molecule has 2 aliphatic rings. The van der Waals surface area contributed by atoms with Crippen LogP contribution >= 0.6 is 0 Å². The SMILES string of the molecule is c1ccc(CCNC2CCOC2C2CC2)nc1. The van der Waals surface area contributed by atoms with Gasteiger partial charge in [-0.1, -0.05) is 6.07 Å². The van der Waals surface area contributed by atoms with Crippen LogP contribution in [0.2, 0.25) is 0 Å². The smallest absolute Gasteiger partial charge is 0.0756 e. The molecule has 1 aliphatic heterocycles. The molecular weight excluding hydrogens is 212 g/mol. The fourth-order valence-corrected chi connectivity index (χ4v) is 2.65. The molecule has 92 valence electrons. The molecule has 3 heteroatoms. The summed E-state index contributed by atoms with van der Waals surface area (Å²) in [4.78, 5) is 4.34. The molecule has 2 fully saturated rings. The molecule has 0 radical (unpaired) electrons. The van der Waals surface area contributed by atoms with Crippen molar-refractivity contribution in [3.05, 3.63) is 30.1 Å². The van der Waals surface area contributed by atoms with E-state index in [1.54, 1.807) is 0 Å². The van der Waals surface area contributed by atoms with Crippen molar-refractivity contribution in [2.24, 2.45) is 5.92 Å². The Bertz CT molecular complexity index is 350. The Morgan fingerprint density at radius 2 is 2.24 bits per heavy atom.